The van der Waals surface area contributed by atoms with Crippen LogP contribution in [0.25, 0.3) is 6.08 Å². The highest BCUT2D eigenvalue weighted by Crippen LogP contribution is 2.37. The number of para-hydroxylation sites is 2. The Hall–Kier alpha value is -3.56. The van der Waals surface area contributed by atoms with Crippen molar-refractivity contribution in [2.24, 2.45) is 0 Å². The molecule has 0 saturated carbocycles. The summed E-state index contributed by atoms with van der Waals surface area (Å²) in [7, 11) is 1.53. The van der Waals surface area contributed by atoms with Gasteiger partial charge in [-0.3, -0.25) is 19.3 Å². The van der Waals surface area contributed by atoms with Gasteiger partial charge in [-0.25, -0.2) is 0 Å². The average Bonchev–Trinajstić information content (AvgIpc) is 3.12. The molecule has 1 fully saturated rings. The van der Waals surface area contributed by atoms with E-state index in [0.29, 0.717) is 22.7 Å². The maximum Gasteiger partial charge on any atom is 0.294 e. The van der Waals surface area contributed by atoms with Crippen molar-refractivity contribution in [2.45, 2.75) is 6.61 Å². The van der Waals surface area contributed by atoms with Crippen LogP contribution in [0.3, 0.4) is 0 Å². The standard InChI is InChI=1S/C26H21BrN2O5S/c1-33-21-9-5-6-18(24(21)34-16-17-10-12-19(27)13-11-17)14-22-25(31)29(26(32)35-22)15-23(30)28-20-7-3-2-4-8-20/h2-14H,15-16H2,1H3,(H,28,30)/b22-14-. The van der Waals surface area contributed by atoms with E-state index in [-0.39, 0.29) is 18.1 Å². The van der Waals surface area contributed by atoms with Gasteiger partial charge in [0, 0.05) is 15.7 Å². The Labute approximate surface area is 215 Å². The summed E-state index contributed by atoms with van der Waals surface area (Å²) in [5.74, 6) is -0.0478. The zero-order chi connectivity index (χ0) is 24.8. The number of hydrogen-bond donors (Lipinski definition) is 1. The van der Waals surface area contributed by atoms with Crippen LogP contribution in [0, 0.1) is 0 Å². The minimum absolute atomic E-state index is 0.198. The van der Waals surface area contributed by atoms with E-state index in [4.69, 9.17) is 9.47 Å². The fourth-order valence-electron chi connectivity index (χ4n) is 3.34. The molecular weight excluding hydrogens is 532 g/mol. The fourth-order valence-corrected chi connectivity index (χ4v) is 4.43. The van der Waals surface area contributed by atoms with E-state index < -0.39 is 17.1 Å². The third kappa shape index (κ3) is 6.12. The number of hydrogen-bond acceptors (Lipinski definition) is 6. The molecule has 0 unspecified atom stereocenters. The summed E-state index contributed by atoms with van der Waals surface area (Å²) in [6, 6.07) is 21.9. The van der Waals surface area contributed by atoms with Gasteiger partial charge in [0.25, 0.3) is 11.1 Å². The molecule has 3 aromatic carbocycles. The quantitative estimate of drug-likeness (QED) is 0.360. The number of carbonyl (C=O) groups is 3. The number of rotatable bonds is 8. The average molecular weight is 553 g/mol. The first-order valence-electron chi connectivity index (χ1n) is 10.6. The normalized spacial score (nSPS) is 14.3. The summed E-state index contributed by atoms with van der Waals surface area (Å²) in [6.07, 6.45) is 1.58. The van der Waals surface area contributed by atoms with E-state index in [1.165, 1.54) is 7.11 Å². The number of methoxy groups -OCH3 is 1. The van der Waals surface area contributed by atoms with Crippen LogP contribution in [-0.2, 0) is 16.2 Å². The van der Waals surface area contributed by atoms with Gasteiger partial charge in [-0.1, -0.05) is 58.4 Å². The third-order valence-corrected chi connectivity index (χ3v) is 6.48. The molecule has 0 bridgehead atoms. The smallest absolute Gasteiger partial charge is 0.294 e. The Morgan fingerprint density at radius 2 is 1.77 bits per heavy atom. The Morgan fingerprint density at radius 1 is 1.03 bits per heavy atom. The molecule has 1 saturated heterocycles. The predicted octanol–water partition coefficient (Wildman–Crippen LogP) is 5.71. The van der Waals surface area contributed by atoms with Crippen molar-refractivity contribution in [3.05, 3.63) is 93.3 Å². The third-order valence-electron chi connectivity index (χ3n) is 5.05. The summed E-state index contributed by atoms with van der Waals surface area (Å²) in [6.45, 7) is -0.0857. The highest BCUT2D eigenvalue weighted by molar-refractivity contribution is 9.10. The van der Waals surface area contributed by atoms with Crippen molar-refractivity contribution < 1.29 is 23.9 Å². The fraction of sp³-hybridized carbons (Fsp3) is 0.115. The first-order valence-corrected chi connectivity index (χ1v) is 12.2. The topological polar surface area (TPSA) is 84.9 Å². The highest BCUT2D eigenvalue weighted by Gasteiger charge is 2.36. The van der Waals surface area contributed by atoms with Crippen molar-refractivity contribution in [3.8, 4) is 11.5 Å². The molecule has 0 aliphatic carbocycles. The molecule has 0 atom stereocenters. The Kier molecular flexibility index (Phi) is 7.89. The monoisotopic (exact) mass is 552 g/mol. The number of nitrogens with zero attached hydrogens (tertiary/aromatic N) is 1. The SMILES string of the molecule is COc1cccc(/C=C2\SC(=O)N(CC(=O)Nc3ccccc3)C2=O)c1OCc1ccc(Br)cc1. The lowest BCUT2D eigenvalue weighted by Gasteiger charge is -2.14. The zero-order valence-corrected chi connectivity index (χ0v) is 21.1. The highest BCUT2D eigenvalue weighted by atomic mass is 79.9. The summed E-state index contributed by atoms with van der Waals surface area (Å²) in [5, 5.41) is 2.17. The molecule has 1 aliphatic rings. The zero-order valence-electron chi connectivity index (χ0n) is 18.7. The number of amides is 3. The van der Waals surface area contributed by atoms with E-state index in [9.17, 15) is 14.4 Å². The lowest BCUT2D eigenvalue weighted by molar-refractivity contribution is -0.127. The van der Waals surface area contributed by atoms with Gasteiger partial charge in [0.05, 0.1) is 12.0 Å². The van der Waals surface area contributed by atoms with Crippen LogP contribution in [0.1, 0.15) is 11.1 Å². The van der Waals surface area contributed by atoms with E-state index in [1.54, 1.807) is 48.5 Å². The summed E-state index contributed by atoms with van der Waals surface area (Å²) >= 11 is 4.19. The van der Waals surface area contributed by atoms with Crippen molar-refractivity contribution in [2.75, 3.05) is 19.0 Å². The number of anilines is 1. The number of thioether (sulfide) groups is 1. The second-order valence-corrected chi connectivity index (χ2v) is 9.38. The first-order chi connectivity index (χ1) is 16.9. The van der Waals surface area contributed by atoms with Crippen LogP contribution in [0.5, 0.6) is 11.5 Å². The Balaban J connectivity index is 1.51. The molecule has 9 heteroatoms. The molecular formula is C26H21BrN2O5S. The van der Waals surface area contributed by atoms with Crippen molar-refractivity contribution >= 4 is 56.5 Å². The number of ether oxygens (including phenoxy) is 2. The van der Waals surface area contributed by atoms with Gasteiger partial charge in [0.1, 0.15) is 13.2 Å². The van der Waals surface area contributed by atoms with Crippen LogP contribution < -0.4 is 14.8 Å². The van der Waals surface area contributed by atoms with Gasteiger partial charge >= 0.3 is 0 Å². The van der Waals surface area contributed by atoms with Gasteiger partial charge < -0.3 is 14.8 Å². The van der Waals surface area contributed by atoms with Crippen LogP contribution in [0.2, 0.25) is 0 Å². The molecule has 1 heterocycles. The van der Waals surface area contributed by atoms with E-state index >= 15 is 0 Å². The molecule has 178 valence electrons. The second kappa shape index (κ2) is 11.2. The van der Waals surface area contributed by atoms with E-state index in [2.05, 4.69) is 21.2 Å². The van der Waals surface area contributed by atoms with Crippen LogP contribution in [-0.4, -0.2) is 35.6 Å². The number of carbonyl (C=O) groups excluding carboxylic acids is 3. The van der Waals surface area contributed by atoms with Gasteiger partial charge in [-0.05, 0) is 53.7 Å². The van der Waals surface area contributed by atoms with Gasteiger partial charge in [0.15, 0.2) is 11.5 Å². The van der Waals surface area contributed by atoms with Crippen molar-refractivity contribution in [1.82, 2.24) is 4.90 Å². The molecule has 7 nitrogen and oxygen atoms in total. The Morgan fingerprint density at radius 3 is 2.49 bits per heavy atom. The molecule has 0 aromatic heterocycles. The largest absolute Gasteiger partial charge is 0.493 e. The second-order valence-electron chi connectivity index (χ2n) is 7.48. The molecule has 35 heavy (non-hydrogen) atoms. The van der Waals surface area contributed by atoms with Crippen LogP contribution >= 0.6 is 27.7 Å². The van der Waals surface area contributed by atoms with Gasteiger partial charge in [-0.15, -0.1) is 0 Å². The van der Waals surface area contributed by atoms with E-state index in [1.807, 2.05) is 30.3 Å². The molecule has 3 aromatic rings. The number of imide groups is 1. The van der Waals surface area contributed by atoms with Crippen LogP contribution in [0.4, 0.5) is 10.5 Å². The molecule has 3 amide bonds. The molecule has 4 rings (SSSR count). The Bertz CT molecular complexity index is 1280. The molecule has 1 N–H and O–H groups in total. The van der Waals surface area contributed by atoms with Crippen LogP contribution in [0.15, 0.2) is 82.2 Å². The van der Waals surface area contributed by atoms with Gasteiger partial charge in [-0.2, -0.15) is 0 Å². The van der Waals surface area contributed by atoms with E-state index in [0.717, 1.165) is 26.7 Å². The minimum Gasteiger partial charge on any atom is -0.493 e. The lowest BCUT2D eigenvalue weighted by atomic mass is 10.1. The summed E-state index contributed by atoms with van der Waals surface area (Å²) in [5.41, 5.74) is 2.12. The van der Waals surface area contributed by atoms with Gasteiger partial charge in [0.2, 0.25) is 5.91 Å². The summed E-state index contributed by atoms with van der Waals surface area (Å²) in [4.78, 5) is 39.0. The molecule has 0 spiro atoms. The molecule has 1 aliphatic heterocycles. The van der Waals surface area contributed by atoms with Crippen molar-refractivity contribution in [1.29, 1.82) is 0 Å². The minimum atomic E-state index is -0.537. The lowest BCUT2D eigenvalue weighted by Crippen LogP contribution is -2.36. The number of benzene rings is 3. The number of nitrogens with one attached hydrogen (secondary N) is 1. The summed E-state index contributed by atoms with van der Waals surface area (Å²) < 4.78 is 12.5. The number of halogens is 1. The van der Waals surface area contributed by atoms with Crippen molar-refractivity contribution in [3.63, 3.8) is 0 Å². The maximum atomic E-state index is 12.9. The maximum absolute atomic E-state index is 12.9. The predicted molar refractivity (Wildman–Crippen MR) is 139 cm³/mol. The first kappa shape index (κ1) is 24.6. The molecule has 0 radical (unpaired) electrons.